The van der Waals surface area contributed by atoms with Crippen LogP contribution in [0.3, 0.4) is 0 Å². The molecule has 0 radical (unpaired) electrons. The molecule has 190 valence electrons. The Morgan fingerprint density at radius 3 is 2.67 bits per heavy atom. The quantitative estimate of drug-likeness (QED) is 0.264. The van der Waals surface area contributed by atoms with Gasteiger partial charge in [-0.2, -0.15) is 0 Å². The first-order valence-corrected chi connectivity index (χ1v) is 13.9. The first-order valence-electron chi connectivity index (χ1n) is 11.5. The summed E-state index contributed by atoms with van der Waals surface area (Å²) in [4.78, 5) is 28.5. The van der Waals surface area contributed by atoms with Crippen molar-refractivity contribution in [2.45, 2.75) is 35.5 Å². The van der Waals surface area contributed by atoms with E-state index >= 15 is 0 Å². The standard InChI is InChI=1S/C23H25N5O6S2/c29-11-10-24-19-8-7-18-22(26-19)35-23(25-18)27-21(30)20(28-34-15-9-12-33-13-15)14-1-3-16(4-2-14)36(31,32)17-5-6-17/h1-4,7-8,15,17,29H,5-6,9-13H2,(H,24,26)(H,25,27,30)/t15-/m1/s1. The van der Waals surface area contributed by atoms with Crippen LogP contribution in [0.25, 0.3) is 10.3 Å². The highest BCUT2D eigenvalue weighted by atomic mass is 32.2. The fourth-order valence-electron chi connectivity index (χ4n) is 3.63. The Kier molecular flexibility index (Phi) is 7.14. The van der Waals surface area contributed by atoms with Crippen LogP contribution in [0.2, 0.25) is 0 Å². The smallest absolute Gasteiger partial charge is 0.280 e. The van der Waals surface area contributed by atoms with E-state index in [1.54, 1.807) is 24.3 Å². The number of ether oxygens (including phenoxy) is 1. The lowest BCUT2D eigenvalue weighted by Gasteiger charge is -2.10. The first kappa shape index (κ1) is 24.6. The number of aliphatic hydroxyl groups is 1. The molecule has 1 aromatic carbocycles. The highest BCUT2D eigenvalue weighted by Crippen LogP contribution is 2.33. The van der Waals surface area contributed by atoms with Gasteiger partial charge in [0.2, 0.25) is 0 Å². The molecule has 5 rings (SSSR count). The van der Waals surface area contributed by atoms with Gasteiger partial charge >= 0.3 is 0 Å². The van der Waals surface area contributed by atoms with Crippen LogP contribution < -0.4 is 10.6 Å². The molecule has 3 N–H and O–H groups in total. The Labute approximate surface area is 211 Å². The number of pyridine rings is 1. The monoisotopic (exact) mass is 531 g/mol. The normalized spacial score (nSPS) is 18.4. The van der Waals surface area contributed by atoms with Gasteiger partial charge < -0.3 is 20.0 Å². The van der Waals surface area contributed by atoms with Crippen molar-refractivity contribution in [3.63, 3.8) is 0 Å². The van der Waals surface area contributed by atoms with E-state index in [-0.39, 0.29) is 28.6 Å². The Morgan fingerprint density at radius 2 is 1.97 bits per heavy atom. The lowest BCUT2D eigenvalue weighted by molar-refractivity contribution is -0.110. The number of aromatic nitrogens is 2. The minimum absolute atomic E-state index is 0.00483. The van der Waals surface area contributed by atoms with Crippen LogP contribution in [-0.4, -0.2) is 72.8 Å². The van der Waals surface area contributed by atoms with Gasteiger partial charge in [-0.15, -0.1) is 0 Å². The van der Waals surface area contributed by atoms with Crippen molar-refractivity contribution in [2.24, 2.45) is 5.16 Å². The van der Waals surface area contributed by atoms with Crippen molar-refractivity contribution in [3.8, 4) is 0 Å². The third-order valence-corrected chi connectivity index (χ3v) is 8.87. The van der Waals surface area contributed by atoms with E-state index in [9.17, 15) is 13.2 Å². The fraction of sp³-hybridized carbons (Fsp3) is 0.391. The summed E-state index contributed by atoms with van der Waals surface area (Å²) < 4.78 is 30.4. The molecule has 36 heavy (non-hydrogen) atoms. The molecule has 1 saturated carbocycles. The SMILES string of the molecule is O=C(Nc1nc2ccc(NCCO)nc2s1)C(=NO[C@@H]1CCOC1)c1ccc(S(=O)(=O)C2CC2)cc1. The maximum Gasteiger partial charge on any atom is 0.280 e. The van der Waals surface area contributed by atoms with Crippen LogP contribution in [0, 0.1) is 0 Å². The van der Waals surface area contributed by atoms with Crippen LogP contribution in [0.1, 0.15) is 24.8 Å². The van der Waals surface area contributed by atoms with Gasteiger partial charge in [-0.25, -0.2) is 18.4 Å². The first-order chi connectivity index (χ1) is 17.4. The molecule has 2 aromatic heterocycles. The lowest BCUT2D eigenvalue weighted by atomic mass is 10.1. The molecule has 0 unspecified atom stereocenters. The fourth-order valence-corrected chi connectivity index (χ4v) is 6.12. The molecule has 1 atom stereocenters. The van der Waals surface area contributed by atoms with E-state index < -0.39 is 15.7 Å². The average Bonchev–Trinajstić information content (AvgIpc) is 3.48. The summed E-state index contributed by atoms with van der Waals surface area (Å²) in [5.41, 5.74) is 1.02. The summed E-state index contributed by atoms with van der Waals surface area (Å²) in [6.07, 6.45) is 1.74. The van der Waals surface area contributed by atoms with Gasteiger partial charge in [0.25, 0.3) is 5.91 Å². The molecule has 3 heterocycles. The van der Waals surface area contributed by atoms with Crippen LogP contribution in [0.4, 0.5) is 10.9 Å². The van der Waals surface area contributed by atoms with E-state index in [4.69, 9.17) is 14.7 Å². The Morgan fingerprint density at radius 1 is 1.17 bits per heavy atom. The molecule has 2 fully saturated rings. The van der Waals surface area contributed by atoms with Gasteiger partial charge in [0.05, 0.1) is 30.0 Å². The zero-order valence-corrected chi connectivity index (χ0v) is 20.8. The summed E-state index contributed by atoms with van der Waals surface area (Å²) in [6, 6.07) is 9.61. The van der Waals surface area contributed by atoms with Crippen molar-refractivity contribution < 1.29 is 27.9 Å². The molecule has 0 spiro atoms. The number of carbonyl (C=O) groups is 1. The number of oxime groups is 1. The van der Waals surface area contributed by atoms with Crippen LogP contribution >= 0.6 is 11.3 Å². The summed E-state index contributed by atoms with van der Waals surface area (Å²) in [7, 11) is -3.35. The third-order valence-electron chi connectivity index (χ3n) is 5.71. The maximum atomic E-state index is 13.2. The van der Waals surface area contributed by atoms with Crippen molar-refractivity contribution >= 4 is 54.1 Å². The number of fused-ring (bicyclic) bond motifs is 1. The number of anilines is 2. The number of amides is 1. The molecule has 1 aliphatic heterocycles. The molecule has 1 aliphatic carbocycles. The van der Waals surface area contributed by atoms with E-state index in [1.807, 2.05) is 0 Å². The molecule has 13 heteroatoms. The topological polar surface area (TPSA) is 152 Å². The van der Waals surface area contributed by atoms with Crippen molar-refractivity contribution in [3.05, 3.63) is 42.0 Å². The van der Waals surface area contributed by atoms with E-state index in [0.717, 1.165) is 0 Å². The van der Waals surface area contributed by atoms with E-state index in [0.29, 0.717) is 65.9 Å². The number of aliphatic hydroxyl groups excluding tert-OH is 1. The summed E-state index contributed by atoms with van der Waals surface area (Å²) >= 11 is 1.19. The van der Waals surface area contributed by atoms with Gasteiger partial charge in [-0.3, -0.25) is 10.1 Å². The largest absolute Gasteiger partial charge is 0.395 e. The van der Waals surface area contributed by atoms with Crippen LogP contribution in [0.5, 0.6) is 0 Å². The molecular weight excluding hydrogens is 506 g/mol. The van der Waals surface area contributed by atoms with Crippen molar-refractivity contribution in [2.75, 3.05) is 37.0 Å². The summed E-state index contributed by atoms with van der Waals surface area (Å²) in [5, 5.41) is 18.8. The van der Waals surface area contributed by atoms with Crippen molar-refractivity contribution in [1.29, 1.82) is 0 Å². The minimum Gasteiger partial charge on any atom is -0.395 e. The van der Waals surface area contributed by atoms with E-state index in [1.165, 1.54) is 23.5 Å². The molecule has 0 bridgehead atoms. The molecule has 1 saturated heterocycles. The van der Waals surface area contributed by atoms with Crippen molar-refractivity contribution in [1.82, 2.24) is 9.97 Å². The summed E-state index contributed by atoms with van der Waals surface area (Å²) in [5.74, 6) is 0.0400. The predicted octanol–water partition coefficient (Wildman–Crippen LogP) is 2.18. The number of sulfone groups is 1. The molecule has 2 aliphatic rings. The van der Waals surface area contributed by atoms with Gasteiger partial charge in [-0.1, -0.05) is 28.6 Å². The number of benzene rings is 1. The zero-order chi connectivity index (χ0) is 25.1. The Hall–Kier alpha value is -3.13. The lowest BCUT2D eigenvalue weighted by Crippen LogP contribution is -2.25. The molecule has 1 amide bonds. The number of hydrogen-bond acceptors (Lipinski definition) is 11. The highest BCUT2D eigenvalue weighted by molar-refractivity contribution is 7.92. The number of nitrogens with one attached hydrogen (secondary N) is 2. The van der Waals surface area contributed by atoms with Gasteiger partial charge in [0, 0.05) is 18.5 Å². The Bertz CT molecular complexity index is 1380. The third kappa shape index (κ3) is 5.48. The highest BCUT2D eigenvalue weighted by Gasteiger charge is 2.36. The van der Waals surface area contributed by atoms with Crippen LogP contribution in [-0.2, 0) is 24.2 Å². The van der Waals surface area contributed by atoms with Gasteiger partial charge in [0.1, 0.15) is 16.2 Å². The van der Waals surface area contributed by atoms with Gasteiger partial charge in [-0.05, 0) is 37.1 Å². The summed E-state index contributed by atoms with van der Waals surface area (Å²) in [6.45, 7) is 1.29. The second-order valence-electron chi connectivity index (χ2n) is 8.44. The van der Waals surface area contributed by atoms with E-state index in [2.05, 4.69) is 25.8 Å². The number of nitrogens with zero attached hydrogens (tertiary/aromatic N) is 3. The predicted molar refractivity (Wildman–Crippen MR) is 135 cm³/mol. The number of carbonyl (C=O) groups excluding carboxylic acids is 1. The molecule has 11 nitrogen and oxygen atoms in total. The zero-order valence-electron chi connectivity index (χ0n) is 19.2. The minimum atomic E-state index is -3.35. The maximum absolute atomic E-state index is 13.2. The molecular formula is C23H25N5O6S2. The second-order valence-corrected chi connectivity index (χ2v) is 11.6. The van der Waals surface area contributed by atoms with Crippen LogP contribution in [0.15, 0.2) is 46.4 Å². The Balaban J connectivity index is 1.38. The average molecular weight is 532 g/mol. The molecule has 3 aromatic rings. The number of rotatable bonds is 10. The van der Waals surface area contributed by atoms with Gasteiger partial charge in [0.15, 0.2) is 26.8 Å². The number of thiazole rings is 1. The number of hydrogen-bond donors (Lipinski definition) is 3. The second kappa shape index (κ2) is 10.5.